The Balaban J connectivity index is 1.96. The minimum atomic E-state index is -0.207. The van der Waals surface area contributed by atoms with Crippen molar-refractivity contribution in [2.24, 2.45) is 0 Å². The molecule has 3 aromatic rings. The molecular weight excluding hydrogens is 312 g/mol. The molecule has 3 aromatic heterocycles. The van der Waals surface area contributed by atoms with Crippen LogP contribution in [0.3, 0.4) is 0 Å². The number of aromatic nitrogens is 6. The molecule has 0 radical (unpaired) electrons. The first-order valence-electron chi connectivity index (χ1n) is 9.37. The van der Waals surface area contributed by atoms with E-state index < -0.39 is 0 Å². The van der Waals surface area contributed by atoms with Crippen molar-refractivity contribution in [3.63, 3.8) is 0 Å². The Bertz CT molecular complexity index is 676. The van der Waals surface area contributed by atoms with Crippen molar-refractivity contribution in [2.45, 2.75) is 65.6 Å². The highest BCUT2D eigenvalue weighted by molar-refractivity contribution is 5.05. The molecule has 6 nitrogen and oxygen atoms in total. The molecule has 0 N–H and O–H groups in total. The van der Waals surface area contributed by atoms with Gasteiger partial charge in [-0.25, -0.2) is 14.0 Å². The molecule has 0 aliphatic heterocycles. The normalized spacial score (nSPS) is 11.5. The molecule has 0 bridgehead atoms. The molecule has 0 spiro atoms. The predicted octanol–water partition coefficient (Wildman–Crippen LogP) is 3.69. The second kappa shape index (κ2) is 8.14. The number of rotatable bonds is 9. The molecule has 0 amide bonds. The van der Waals surface area contributed by atoms with Crippen LogP contribution in [0.4, 0.5) is 0 Å². The van der Waals surface area contributed by atoms with Crippen LogP contribution in [-0.4, -0.2) is 29.3 Å². The van der Waals surface area contributed by atoms with Gasteiger partial charge in [0.2, 0.25) is 6.29 Å². The van der Waals surface area contributed by atoms with Crippen molar-refractivity contribution in [3.05, 3.63) is 53.9 Å². The number of nitrogens with zero attached hydrogens (tertiary/aromatic N) is 6. The Hall–Kier alpha value is -2.37. The van der Waals surface area contributed by atoms with Crippen LogP contribution in [0.15, 0.2) is 36.8 Å². The summed E-state index contributed by atoms with van der Waals surface area (Å²) in [5.74, 6) is 0. The Morgan fingerprint density at radius 3 is 1.24 bits per heavy atom. The van der Waals surface area contributed by atoms with E-state index >= 15 is 0 Å². The van der Waals surface area contributed by atoms with E-state index in [0.717, 1.165) is 55.6 Å². The Labute approximate surface area is 149 Å². The third kappa shape index (κ3) is 4.00. The Morgan fingerprint density at radius 1 is 0.640 bits per heavy atom. The van der Waals surface area contributed by atoms with Crippen molar-refractivity contribution >= 4 is 0 Å². The smallest absolute Gasteiger partial charge is 0.227 e. The van der Waals surface area contributed by atoms with Crippen LogP contribution >= 0.6 is 0 Å². The number of hydrogen-bond acceptors (Lipinski definition) is 3. The molecule has 0 fully saturated rings. The van der Waals surface area contributed by atoms with E-state index in [9.17, 15) is 0 Å². The van der Waals surface area contributed by atoms with E-state index in [-0.39, 0.29) is 6.29 Å². The van der Waals surface area contributed by atoms with E-state index in [1.54, 1.807) is 0 Å². The average Bonchev–Trinajstić information content (AvgIpc) is 3.32. The van der Waals surface area contributed by atoms with Crippen LogP contribution in [0.25, 0.3) is 0 Å². The van der Waals surface area contributed by atoms with Crippen molar-refractivity contribution in [2.75, 3.05) is 0 Å². The second-order valence-electron chi connectivity index (χ2n) is 6.46. The van der Waals surface area contributed by atoms with Gasteiger partial charge in [0.15, 0.2) is 0 Å². The molecule has 0 unspecified atom stereocenters. The van der Waals surface area contributed by atoms with Crippen LogP contribution < -0.4 is 0 Å². The third-order valence-electron chi connectivity index (χ3n) is 4.22. The lowest BCUT2D eigenvalue weighted by molar-refractivity contribution is 0.280. The van der Waals surface area contributed by atoms with Crippen molar-refractivity contribution < 1.29 is 0 Å². The quantitative estimate of drug-likeness (QED) is 0.597. The zero-order chi connectivity index (χ0) is 17.6. The van der Waals surface area contributed by atoms with Crippen LogP contribution in [0.5, 0.6) is 0 Å². The van der Waals surface area contributed by atoms with Gasteiger partial charge >= 0.3 is 0 Å². The van der Waals surface area contributed by atoms with Gasteiger partial charge in [0.25, 0.3) is 0 Å². The van der Waals surface area contributed by atoms with Gasteiger partial charge in [-0.3, -0.25) is 0 Å². The van der Waals surface area contributed by atoms with E-state index in [1.165, 1.54) is 0 Å². The SMILES string of the molecule is CCCc1ccn(C(n2ccc(CCC)n2)n2ccc(CCC)n2)n1. The predicted molar refractivity (Wildman–Crippen MR) is 98.5 cm³/mol. The fourth-order valence-electron chi connectivity index (χ4n) is 3.05. The molecule has 3 rings (SSSR count). The lowest BCUT2D eigenvalue weighted by atomic mass is 10.3. The first-order chi connectivity index (χ1) is 12.2. The fourth-order valence-corrected chi connectivity index (χ4v) is 3.05. The summed E-state index contributed by atoms with van der Waals surface area (Å²) >= 11 is 0. The maximum absolute atomic E-state index is 4.76. The van der Waals surface area contributed by atoms with Crippen LogP contribution in [0, 0.1) is 0 Å². The van der Waals surface area contributed by atoms with Crippen molar-refractivity contribution in [1.82, 2.24) is 29.3 Å². The monoisotopic (exact) mass is 340 g/mol. The first kappa shape index (κ1) is 17.5. The van der Waals surface area contributed by atoms with Gasteiger partial charge in [-0.05, 0) is 37.5 Å². The largest absolute Gasteiger partial charge is 0.238 e. The molecule has 0 saturated carbocycles. The summed E-state index contributed by atoms with van der Waals surface area (Å²) in [5, 5.41) is 14.3. The minimum absolute atomic E-state index is 0.207. The summed E-state index contributed by atoms with van der Waals surface area (Å²) in [6, 6.07) is 6.26. The van der Waals surface area contributed by atoms with E-state index in [4.69, 9.17) is 15.3 Å². The van der Waals surface area contributed by atoms with Gasteiger partial charge in [0.05, 0.1) is 17.1 Å². The molecule has 6 heteroatoms. The maximum Gasteiger partial charge on any atom is 0.238 e. The van der Waals surface area contributed by atoms with E-state index in [1.807, 2.05) is 32.6 Å². The third-order valence-corrected chi connectivity index (χ3v) is 4.22. The highest BCUT2D eigenvalue weighted by Gasteiger charge is 2.19. The maximum atomic E-state index is 4.76. The van der Waals surface area contributed by atoms with E-state index in [2.05, 4.69) is 39.0 Å². The van der Waals surface area contributed by atoms with Gasteiger partial charge in [0, 0.05) is 18.6 Å². The second-order valence-corrected chi connectivity index (χ2v) is 6.46. The minimum Gasteiger partial charge on any atom is -0.227 e. The molecular formula is C19H28N6. The number of aryl methyl sites for hydroxylation is 3. The summed E-state index contributed by atoms with van der Waals surface area (Å²) < 4.78 is 5.86. The highest BCUT2D eigenvalue weighted by Crippen LogP contribution is 2.15. The molecule has 0 aliphatic carbocycles. The molecule has 0 atom stereocenters. The van der Waals surface area contributed by atoms with E-state index in [0.29, 0.717) is 0 Å². The topological polar surface area (TPSA) is 53.5 Å². The first-order valence-corrected chi connectivity index (χ1v) is 9.37. The summed E-state index contributed by atoms with van der Waals surface area (Å²) in [5.41, 5.74) is 3.32. The summed E-state index contributed by atoms with van der Waals surface area (Å²) in [4.78, 5) is 0. The zero-order valence-electron chi connectivity index (χ0n) is 15.5. The molecule has 0 saturated heterocycles. The van der Waals surface area contributed by atoms with Crippen molar-refractivity contribution in [3.8, 4) is 0 Å². The molecule has 25 heavy (non-hydrogen) atoms. The lowest BCUT2D eigenvalue weighted by Gasteiger charge is -2.19. The van der Waals surface area contributed by atoms with Gasteiger partial charge < -0.3 is 0 Å². The molecule has 3 heterocycles. The number of hydrogen-bond donors (Lipinski definition) is 0. The highest BCUT2D eigenvalue weighted by atomic mass is 15.6. The van der Waals surface area contributed by atoms with Gasteiger partial charge in [-0.2, -0.15) is 15.3 Å². The fraction of sp³-hybridized carbons (Fsp3) is 0.526. The Kier molecular flexibility index (Phi) is 5.68. The van der Waals surface area contributed by atoms with Gasteiger partial charge in [-0.1, -0.05) is 40.0 Å². The standard InChI is InChI=1S/C19H28N6/c1-4-7-16-10-13-23(20-16)19(24-14-11-17(21-24)8-5-2)25-15-12-18(22-25)9-6-3/h10-15,19H,4-9H2,1-3H3. The average molecular weight is 340 g/mol. The molecule has 0 aliphatic rings. The Morgan fingerprint density at radius 2 is 0.960 bits per heavy atom. The molecule has 134 valence electrons. The van der Waals surface area contributed by atoms with Gasteiger partial charge in [-0.15, -0.1) is 0 Å². The van der Waals surface area contributed by atoms with Crippen molar-refractivity contribution in [1.29, 1.82) is 0 Å². The lowest BCUT2D eigenvalue weighted by Crippen LogP contribution is -2.27. The summed E-state index contributed by atoms with van der Waals surface area (Å²) in [6.07, 6.45) is 12.1. The zero-order valence-corrected chi connectivity index (χ0v) is 15.5. The summed E-state index contributed by atoms with van der Waals surface area (Å²) in [6.45, 7) is 6.52. The summed E-state index contributed by atoms with van der Waals surface area (Å²) in [7, 11) is 0. The van der Waals surface area contributed by atoms with Crippen LogP contribution in [0.1, 0.15) is 63.4 Å². The molecule has 0 aromatic carbocycles. The van der Waals surface area contributed by atoms with Gasteiger partial charge in [0.1, 0.15) is 0 Å². The van der Waals surface area contributed by atoms with Crippen LogP contribution in [-0.2, 0) is 19.3 Å². The van der Waals surface area contributed by atoms with Crippen LogP contribution in [0.2, 0.25) is 0 Å².